The maximum atomic E-state index is 10.9. The first-order valence-corrected chi connectivity index (χ1v) is 9.55. The number of aliphatic hydroxyl groups excluding tert-OH is 1. The third-order valence-corrected chi connectivity index (χ3v) is 5.64. The fourth-order valence-corrected chi connectivity index (χ4v) is 4.22. The highest BCUT2D eigenvalue weighted by molar-refractivity contribution is 6.04. The Hall–Kier alpha value is -2.98. The van der Waals surface area contributed by atoms with E-state index in [9.17, 15) is 10.2 Å². The molecule has 4 aromatic rings. The van der Waals surface area contributed by atoms with Crippen molar-refractivity contribution in [1.29, 1.82) is 0 Å². The SMILES string of the molecule is COc1ccc2ccc(O)c(-c3c(C(C)CCO)c4ccccc4n3C)c2c1. The Morgan fingerprint density at radius 3 is 2.54 bits per heavy atom. The molecule has 1 aromatic heterocycles. The molecule has 144 valence electrons. The molecule has 0 amide bonds. The Morgan fingerprint density at radius 2 is 1.79 bits per heavy atom. The minimum atomic E-state index is 0.124. The Morgan fingerprint density at radius 1 is 1.04 bits per heavy atom. The van der Waals surface area contributed by atoms with E-state index in [4.69, 9.17) is 4.74 Å². The van der Waals surface area contributed by atoms with Gasteiger partial charge in [-0.05, 0) is 52.9 Å². The molecule has 4 heteroatoms. The standard InChI is InChI=1S/C24H25NO3/c1-15(12-13-26)22-18-6-4-5-7-20(18)25(2)24(22)23-19-14-17(28-3)10-8-16(19)9-11-21(23)27/h4-11,14-15,26-27H,12-13H2,1-3H3. The van der Waals surface area contributed by atoms with Crippen molar-refractivity contribution in [1.82, 2.24) is 4.57 Å². The fraction of sp³-hybridized carbons (Fsp3) is 0.250. The maximum Gasteiger partial charge on any atom is 0.125 e. The topological polar surface area (TPSA) is 54.6 Å². The minimum Gasteiger partial charge on any atom is -0.507 e. The highest BCUT2D eigenvalue weighted by Gasteiger charge is 2.24. The van der Waals surface area contributed by atoms with Gasteiger partial charge in [-0.3, -0.25) is 0 Å². The second-order valence-electron chi connectivity index (χ2n) is 7.30. The van der Waals surface area contributed by atoms with Gasteiger partial charge in [-0.2, -0.15) is 0 Å². The van der Waals surface area contributed by atoms with Crippen molar-refractivity contribution in [3.8, 4) is 22.8 Å². The third-order valence-electron chi connectivity index (χ3n) is 5.64. The molecular weight excluding hydrogens is 350 g/mol. The first-order valence-electron chi connectivity index (χ1n) is 9.55. The van der Waals surface area contributed by atoms with Crippen molar-refractivity contribution in [2.75, 3.05) is 13.7 Å². The number of aliphatic hydroxyl groups is 1. The number of fused-ring (bicyclic) bond motifs is 2. The van der Waals surface area contributed by atoms with Crippen LogP contribution >= 0.6 is 0 Å². The lowest BCUT2D eigenvalue weighted by Crippen LogP contribution is -2.01. The number of phenolic OH excluding ortho intramolecular Hbond substituents is 1. The van der Waals surface area contributed by atoms with Crippen LogP contribution in [0.3, 0.4) is 0 Å². The molecule has 1 heterocycles. The van der Waals surface area contributed by atoms with Crippen LogP contribution < -0.4 is 4.74 Å². The molecule has 0 saturated carbocycles. The molecule has 0 aliphatic carbocycles. The Kier molecular flexibility index (Phi) is 4.73. The summed E-state index contributed by atoms with van der Waals surface area (Å²) in [6, 6.07) is 17.9. The summed E-state index contributed by atoms with van der Waals surface area (Å²) in [7, 11) is 3.68. The Labute approximate surface area is 164 Å². The van der Waals surface area contributed by atoms with Gasteiger partial charge in [0.05, 0.1) is 12.8 Å². The lowest BCUT2D eigenvalue weighted by Gasteiger charge is -2.17. The number of nitrogens with zero attached hydrogens (tertiary/aromatic N) is 1. The van der Waals surface area contributed by atoms with Crippen molar-refractivity contribution in [2.45, 2.75) is 19.3 Å². The summed E-state index contributed by atoms with van der Waals surface area (Å²) in [5, 5.41) is 23.6. The lowest BCUT2D eigenvalue weighted by molar-refractivity contribution is 0.279. The van der Waals surface area contributed by atoms with Crippen LogP contribution in [0.5, 0.6) is 11.5 Å². The number of benzene rings is 3. The number of aryl methyl sites for hydroxylation is 1. The predicted molar refractivity (Wildman–Crippen MR) is 114 cm³/mol. The van der Waals surface area contributed by atoms with E-state index < -0.39 is 0 Å². The molecule has 2 N–H and O–H groups in total. The smallest absolute Gasteiger partial charge is 0.125 e. The highest BCUT2D eigenvalue weighted by Crippen LogP contribution is 2.45. The first kappa shape index (κ1) is 18.4. The van der Waals surface area contributed by atoms with Crippen LogP contribution in [-0.4, -0.2) is 28.5 Å². The molecule has 0 aliphatic rings. The minimum absolute atomic E-state index is 0.124. The quantitative estimate of drug-likeness (QED) is 0.504. The summed E-state index contributed by atoms with van der Waals surface area (Å²) in [5.41, 5.74) is 4.04. The molecule has 28 heavy (non-hydrogen) atoms. The Balaban J connectivity index is 2.14. The summed E-state index contributed by atoms with van der Waals surface area (Å²) in [5.74, 6) is 1.14. The normalized spacial score (nSPS) is 12.6. The van der Waals surface area contributed by atoms with E-state index >= 15 is 0 Å². The molecule has 0 fully saturated rings. The number of rotatable bonds is 5. The molecule has 0 spiro atoms. The van der Waals surface area contributed by atoms with Gasteiger partial charge < -0.3 is 19.5 Å². The van der Waals surface area contributed by atoms with Gasteiger partial charge in [-0.25, -0.2) is 0 Å². The Bertz CT molecular complexity index is 1160. The second-order valence-corrected chi connectivity index (χ2v) is 7.30. The van der Waals surface area contributed by atoms with Gasteiger partial charge >= 0.3 is 0 Å². The molecule has 1 atom stereocenters. The molecule has 1 unspecified atom stereocenters. The van der Waals surface area contributed by atoms with E-state index in [0.29, 0.717) is 6.42 Å². The van der Waals surface area contributed by atoms with Crippen molar-refractivity contribution >= 4 is 21.7 Å². The number of hydrogen-bond donors (Lipinski definition) is 2. The molecule has 0 aliphatic heterocycles. The summed E-state index contributed by atoms with van der Waals surface area (Å²) >= 11 is 0. The molecular formula is C24H25NO3. The predicted octanol–water partition coefficient (Wildman–Crippen LogP) is 5.20. The van der Waals surface area contributed by atoms with E-state index in [-0.39, 0.29) is 18.3 Å². The van der Waals surface area contributed by atoms with Crippen LogP contribution in [0.25, 0.3) is 32.9 Å². The lowest BCUT2D eigenvalue weighted by atomic mass is 9.90. The number of phenols is 1. The zero-order chi connectivity index (χ0) is 19.8. The van der Waals surface area contributed by atoms with Crippen LogP contribution in [0.15, 0.2) is 54.6 Å². The second kappa shape index (κ2) is 7.21. The largest absolute Gasteiger partial charge is 0.507 e. The van der Waals surface area contributed by atoms with Gasteiger partial charge in [-0.1, -0.05) is 37.3 Å². The number of hydrogen-bond acceptors (Lipinski definition) is 3. The molecule has 0 bridgehead atoms. The van der Waals surface area contributed by atoms with E-state index in [1.807, 2.05) is 43.4 Å². The molecule has 0 saturated heterocycles. The van der Waals surface area contributed by atoms with Gasteiger partial charge in [0.2, 0.25) is 0 Å². The molecule has 4 rings (SSSR count). The zero-order valence-corrected chi connectivity index (χ0v) is 16.4. The number of aromatic nitrogens is 1. The van der Waals surface area contributed by atoms with Crippen LogP contribution in [0, 0.1) is 0 Å². The van der Waals surface area contributed by atoms with Crippen LogP contribution in [0.1, 0.15) is 24.8 Å². The summed E-state index contributed by atoms with van der Waals surface area (Å²) in [6.45, 7) is 2.25. The maximum absolute atomic E-state index is 10.9. The number of aromatic hydroxyl groups is 1. The summed E-state index contributed by atoms with van der Waals surface area (Å²) in [6.07, 6.45) is 0.663. The van der Waals surface area contributed by atoms with Crippen LogP contribution in [0.4, 0.5) is 0 Å². The molecule has 4 nitrogen and oxygen atoms in total. The number of para-hydroxylation sites is 1. The van der Waals surface area contributed by atoms with Crippen molar-refractivity contribution in [2.24, 2.45) is 7.05 Å². The van der Waals surface area contributed by atoms with Crippen LogP contribution in [0.2, 0.25) is 0 Å². The summed E-state index contributed by atoms with van der Waals surface area (Å²) in [4.78, 5) is 0. The summed E-state index contributed by atoms with van der Waals surface area (Å²) < 4.78 is 7.58. The van der Waals surface area contributed by atoms with Crippen molar-refractivity contribution in [3.63, 3.8) is 0 Å². The monoisotopic (exact) mass is 375 g/mol. The van der Waals surface area contributed by atoms with E-state index in [1.54, 1.807) is 13.2 Å². The van der Waals surface area contributed by atoms with Crippen molar-refractivity contribution in [3.05, 3.63) is 60.2 Å². The first-order chi connectivity index (χ1) is 13.6. The van der Waals surface area contributed by atoms with Gasteiger partial charge in [0.25, 0.3) is 0 Å². The van der Waals surface area contributed by atoms with Gasteiger partial charge in [0.15, 0.2) is 0 Å². The number of ether oxygens (including phenoxy) is 1. The average Bonchev–Trinajstić information content (AvgIpc) is 3.00. The average molecular weight is 375 g/mol. The van der Waals surface area contributed by atoms with Crippen LogP contribution in [-0.2, 0) is 7.05 Å². The third kappa shape index (κ3) is 2.81. The van der Waals surface area contributed by atoms with Gasteiger partial charge in [-0.15, -0.1) is 0 Å². The van der Waals surface area contributed by atoms with Gasteiger partial charge in [0, 0.05) is 30.1 Å². The molecule has 3 aromatic carbocycles. The fourth-order valence-electron chi connectivity index (χ4n) is 4.22. The molecule has 0 radical (unpaired) electrons. The zero-order valence-electron chi connectivity index (χ0n) is 16.4. The van der Waals surface area contributed by atoms with E-state index in [0.717, 1.165) is 44.2 Å². The highest BCUT2D eigenvalue weighted by atomic mass is 16.5. The number of methoxy groups -OCH3 is 1. The van der Waals surface area contributed by atoms with Gasteiger partial charge in [0.1, 0.15) is 11.5 Å². The van der Waals surface area contributed by atoms with E-state index in [1.165, 1.54) is 0 Å². The van der Waals surface area contributed by atoms with Crippen molar-refractivity contribution < 1.29 is 14.9 Å². The van der Waals surface area contributed by atoms with E-state index in [2.05, 4.69) is 23.6 Å².